The van der Waals surface area contributed by atoms with Crippen LogP contribution in [-0.2, 0) is 10.0 Å². The fourth-order valence-electron chi connectivity index (χ4n) is 1.31. The van der Waals surface area contributed by atoms with Gasteiger partial charge in [-0.2, -0.15) is 13.2 Å². The number of rotatable bonds is 10. The second-order valence-corrected chi connectivity index (χ2v) is 5.92. The lowest BCUT2D eigenvalue weighted by molar-refractivity contribution is -0.135. The minimum absolute atomic E-state index is 0.000723. The Hall–Kier alpha value is -0.340. The van der Waals surface area contributed by atoms with E-state index >= 15 is 0 Å². The first-order valence-corrected chi connectivity index (χ1v) is 7.67. The zero-order valence-corrected chi connectivity index (χ0v) is 11.3. The van der Waals surface area contributed by atoms with Crippen molar-refractivity contribution in [3.8, 4) is 0 Å². The van der Waals surface area contributed by atoms with Crippen molar-refractivity contribution in [2.45, 2.75) is 38.8 Å². The Morgan fingerprint density at radius 2 is 1.72 bits per heavy atom. The van der Waals surface area contributed by atoms with Crippen LogP contribution in [0.15, 0.2) is 0 Å². The van der Waals surface area contributed by atoms with E-state index in [0.717, 1.165) is 6.54 Å². The van der Waals surface area contributed by atoms with Crippen LogP contribution in [0.25, 0.3) is 0 Å². The number of hydrogen-bond donors (Lipinski definition) is 2. The molecule has 0 aromatic heterocycles. The zero-order valence-electron chi connectivity index (χ0n) is 10.5. The second-order valence-electron chi connectivity index (χ2n) is 3.99. The average molecular weight is 290 g/mol. The van der Waals surface area contributed by atoms with Crippen LogP contribution in [0.1, 0.15) is 32.6 Å². The van der Waals surface area contributed by atoms with Crippen LogP contribution in [0.2, 0.25) is 0 Å². The van der Waals surface area contributed by atoms with Gasteiger partial charge < -0.3 is 5.32 Å². The first-order chi connectivity index (χ1) is 8.27. The Morgan fingerprint density at radius 3 is 2.28 bits per heavy atom. The number of halogens is 3. The molecule has 0 rings (SSSR count). The lowest BCUT2D eigenvalue weighted by Crippen LogP contribution is -2.29. The number of unbranched alkanes of at least 4 members (excludes halogenated alkanes) is 1. The van der Waals surface area contributed by atoms with Crippen LogP contribution in [0, 0.1) is 0 Å². The van der Waals surface area contributed by atoms with Crippen LogP contribution >= 0.6 is 0 Å². The summed E-state index contributed by atoms with van der Waals surface area (Å²) in [5.41, 5.74) is 0. The fourth-order valence-corrected chi connectivity index (χ4v) is 2.44. The summed E-state index contributed by atoms with van der Waals surface area (Å²) in [6.45, 7) is 3.39. The minimum atomic E-state index is -4.16. The Bertz CT molecular complexity index is 305. The van der Waals surface area contributed by atoms with Gasteiger partial charge in [-0.15, -0.1) is 0 Å². The van der Waals surface area contributed by atoms with Gasteiger partial charge in [0.1, 0.15) is 0 Å². The predicted octanol–water partition coefficient (Wildman–Crippen LogP) is 1.64. The molecule has 110 valence electrons. The first-order valence-electron chi connectivity index (χ1n) is 6.01. The normalized spacial score (nSPS) is 12.9. The van der Waals surface area contributed by atoms with E-state index in [0.29, 0.717) is 13.0 Å². The Balaban J connectivity index is 3.59. The van der Waals surface area contributed by atoms with Crippen molar-refractivity contribution in [1.29, 1.82) is 0 Å². The molecule has 0 amide bonds. The fraction of sp³-hybridized carbons (Fsp3) is 1.00. The van der Waals surface area contributed by atoms with Crippen LogP contribution in [0.3, 0.4) is 0 Å². The topological polar surface area (TPSA) is 58.2 Å². The first kappa shape index (κ1) is 17.7. The largest absolute Gasteiger partial charge is 0.389 e. The van der Waals surface area contributed by atoms with Crippen molar-refractivity contribution < 1.29 is 21.6 Å². The van der Waals surface area contributed by atoms with Crippen LogP contribution < -0.4 is 10.0 Å². The Kier molecular flexibility index (Phi) is 8.54. The Labute approximate surface area is 106 Å². The standard InChI is InChI=1S/C10H21F3N2O2S/c1-2-14-7-5-9-18(16,17)15-8-4-3-6-10(11,12)13/h14-15H,2-9H2,1H3. The van der Waals surface area contributed by atoms with E-state index in [1.165, 1.54) is 0 Å². The maximum atomic E-state index is 11.8. The van der Waals surface area contributed by atoms with Gasteiger partial charge in [0.2, 0.25) is 10.0 Å². The molecule has 0 aliphatic rings. The average Bonchev–Trinajstić information content (AvgIpc) is 2.22. The highest BCUT2D eigenvalue weighted by Crippen LogP contribution is 2.21. The molecule has 0 heterocycles. The molecule has 0 fully saturated rings. The van der Waals surface area contributed by atoms with E-state index in [1.54, 1.807) is 0 Å². The molecule has 0 aliphatic carbocycles. The highest BCUT2D eigenvalue weighted by atomic mass is 32.2. The van der Waals surface area contributed by atoms with Crippen molar-refractivity contribution >= 4 is 10.0 Å². The lowest BCUT2D eigenvalue weighted by Gasteiger charge is -2.08. The summed E-state index contributed by atoms with van der Waals surface area (Å²) in [5, 5.41) is 3.00. The third-order valence-corrected chi connectivity index (χ3v) is 3.70. The van der Waals surface area contributed by atoms with Crippen molar-refractivity contribution in [2.75, 3.05) is 25.4 Å². The smallest absolute Gasteiger partial charge is 0.317 e. The predicted molar refractivity (Wildman–Crippen MR) is 64.9 cm³/mol. The van der Waals surface area contributed by atoms with Crippen LogP contribution in [0.4, 0.5) is 13.2 Å². The third-order valence-electron chi connectivity index (χ3n) is 2.23. The summed E-state index contributed by atoms with van der Waals surface area (Å²) in [7, 11) is -3.35. The van der Waals surface area contributed by atoms with Crippen LogP contribution in [-0.4, -0.2) is 40.0 Å². The molecular formula is C10H21F3N2O2S. The third kappa shape index (κ3) is 12.1. The second kappa shape index (κ2) is 8.71. The van der Waals surface area contributed by atoms with E-state index in [4.69, 9.17) is 0 Å². The molecule has 0 spiro atoms. The van der Waals surface area contributed by atoms with Crippen molar-refractivity contribution in [1.82, 2.24) is 10.0 Å². The molecule has 0 aromatic rings. The molecular weight excluding hydrogens is 269 g/mol. The highest BCUT2D eigenvalue weighted by molar-refractivity contribution is 7.89. The van der Waals surface area contributed by atoms with Crippen molar-refractivity contribution in [3.05, 3.63) is 0 Å². The molecule has 0 aliphatic heterocycles. The monoisotopic (exact) mass is 290 g/mol. The molecule has 2 N–H and O–H groups in total. The number of nitrogens with one attached hydrogen (secondary N) is 2. The molecule has 8 heteroatoms. The molecule has 0 saturated heterocycles. The molecule has 0 saturated carbocycles. The zero-order chi connectivity index (χ0) is 14.1. The van der Waals surface area contributed by atoms with Gasteiger partial charge in [-0.05, 0) is 32.4 Å². The number of sulfonamides is 1. The van der Waals surface area contributed by atoms with E-state index < -0.39 is 22.6 Å². The van der Waals surface area contributed by atoms with E-state index in [2.05, 4.69) is 10.0 Å². The summed E-state index contributed by atoms with van der Waals surface area (Å²) in [5.74, 6) is -0.000723. The molecule has 0 atom stereocenters. The van der Waals surface area contributed by atoms with E-state index in [-0.39, 0.29) is 25.1 Å². The van der Waals surface area contributed by atoms with Gasteiger partial charge in [0, 0.05) is 13.0 Å². The van der Waals surface area contributed by atoms with E-state index in [9.17, 15) is 21.6 Å². The molecule has 0 bridgehead atoms. The van der Waals surface area contributed by atoms with Gasteiger partial charge in [-0.3, -0.25) is 0 Å². The summed E-state index contributed by atoms with van der Waals surface area (Å²) in [6.07, 6.45) is -4.39. The highest BCUT2D eigenvalue weighted by Gasteiger charge is 2.25. The maximum absolute atomic E-state index is 11.8. The Morgan fingerprint density at radius 1 is 1.06 bits per heavy atom. The van der Waals surface area contributed by atoms with Crippen molar-refractivity contribution in [2.24, 2.45) is 0 Å². The minimum Gasteiger partial charge on any atom is -0.317 e. The SMILES string of the molecule is CCNCCCS(=O)(=O)NCCCCC(F)(F)F. The summed E-state index contributed by atoms with van der Waals surface area (Å²) < 4.78 is 60.5. The number of hydrogen-bond acceptors (Lipinski definition) is 3. The summed E-state index contributed by atoms with van der Waals surface area (Å²) in [4.78, 5) is 0. The summed E-state index contributed by atoms with van der Waals surface area (Å²) in [6, 6.07) is 0. The van der Waals surface area contributed by atoms with Gasteiger partial charge >= 0.3 is 6.18 Å². The molecule has 0 unspecified atom stereocenters. The van der Waals surface area contributed by atoms with Crippen molar-refractivity contribution in [3.63, 3.8) is 0 Å². The van der Waals surface area contributed by atoms with Crippen LogP contribution in [0.5, 0.6) is 0 Å². The molecule has 18 heavy (non-hydrogen) atoms. The van der Waals surface area contributed by atoms with Gasteiger partial charge in [0.25, 0.3) is 0 Å². The quantitative estimate of drug-likeness (QED) is 0.601. The molecule has 4 nitrogen and oxygen atoms in total. The lowest BCUT2D eigenvalue weighted by atomic mass is 10.2. The molecule has 0 aromatic carbocycles. The van der Waals surface area contributed by atoms with Gasteiger partial charge in [-0.1, -0.05) is 6.92 Å². The number of alkyl halides is 3. The van der Waals surface area contributed by atoms with Gasteiger partial charge in [0.05, 0.1) is 5.75 Å². The van der Waals surface area contributed by atoms with Gasteiger partial charge in [0.15, 0.2) is 0 Å². The molecule has 0 radical (unpaired) electrons. The summed E-state index contributed by atoms with van der Waals surface area (Å²) >= 11 is 0. The van der Waals surface area contributed by atoms with E-state index in [1.807, 2.05) is 6.92 Å². The van der Waals surface area contributed by atoms with Gasteiger partial charge in [-0.25, -0.2) is 13.1 Å². The maximum Gasteiger partial charge on any atom is 0.389 e.